The van der Waals surface area contributed by atoms with Crippen molar-refractivity contribution in [1.82, 2.24) is 4.90 Å². The average molecular weight is 382 g/mol. The Kier molecular flexibility index (Phi) is 6.41. The minimum Gasteiger partial charge on any atom is -0.391 e. The van der Waals surface area contributed by atoms with Crippen LogP contribution in [0.5, 0.6) is 0 Å². The van der Waals surface area contributed by atoms with E-state index in [0.29, 0.717) is 18.4 Å². The summed E-state index contributed by atoms with van der Waals surface area (Å²) in [5, 5.41) is 10.1. The smallest absolute Gasteiger partial charge is 0.243 e. The van der Waals surface area contributed by atoms with Crippen molar-refractivity contribution in [2.45, 2.75) is 44.8 Å². The molecular weight excluding hydrogens is 356 g/mol. The minimum atomic E-state index is -3.72. The number of aliphatic hydroxyl groups excluding tert-OH is 1. The number of sulfonamides is 1. The van der Waals surface area contributed by atoms with Crippen LogP contribution in [-0.2, 0) is 14.8 Å². The topological polar surface area (TPSA) is 95.0 Å². The Bertz CT molecular complexity index is 778. The Labute approximate surface area is 154 Å². The summed E-state index contributed by atoms with van der Waals surface area (Å²) in [6, 6.07) is 5.89. The lowest BCUT2D eigenvalue weighted by Gasteiger charge is -2.36. The van der Waals surface area contributed by atoms with Crippen LogP contribution in [-0.4, -0.2) is 62.1 Å². The maximum atomic E-state index is 12.7. The summed E-state index contributed by atoms with van der Waals surface area (Å²) >= 11 is 0. The van der Waals surface area contributed by atoms with Crippen molar-refractivity contribution < 1.29 is 23.1 Å². The molecule has 8 heteroatoms. The van der Waals surface area contributed by atoms with Crippen molar-refractivity contribution in [2.24, 2.45) is 0 Å². The van der Waals surface area contributed by atoms with E-state index in [2.05, 4.69) is 0 Å². The summed E-state index contributed by atoms with van der Waals surface area (Å²) in [6.07, 6.45) is 3.62. The van der Waals surface area contributed by atoms with E-state index < -0.39 is 22.0 Å². The highest BCUT2D eigenvalue weighted by Gasteiger charge is 2.31. The molecule has 7 nitrogen and oxygen atoms in total. The number of ketones is 1. The predicted octanol–water partition coefficient (Wildman–Crippen LogP) is 1.42. The van der Waals surface area contributed by atoms with Crippen LogP contribution < -0.4 is 4.31 Å². The standard InChI is InChI=1S/C18H26N2O5S/c1-13(21)14-7-6-8-15(11-14)20(26(3,24)25)12-18(23)19(2)16-9-4-5-10-17(16)22/h6-8,11,16-17,22H,4-5,9-10,12H2,1-3H3. The van der Waals surface area contributed by atoms with Gasteiger partial charge >= 0.3 is 0 Å². The fourth-order valence-electron chi connectivity index (χ4n) is 3.24. The van der Waals surface area contributed by atoms with Crippen LogP contribution in [0.1, 0.15) is 43.0 Å². The number of Topliss-reactive ketones (excluding diaryl/α,β-unsaturated/α-hetero) is 1. The molecule has 1 aromatic rings. The van der Waals surface area contributed by atoms with Gasteiger partial charge < -0.3 is 10.0 Å². The SMILES string of the molecule is CC(=O)c1cccc(N(CC(=O)N(C)C2CCCCC2O)S(C)(=O)=O)c1. The highest BCUT2D eigenvalue weighted by atomic mass is 32.2. The van der Waals surface area contributed by atoms with Gasteiger partial charge in [-0.25, -0.2) is 8.42 Å². The molecule has 0 saturated heterocycles. The van der Waals surface area contributed by atoms with Crippen molar-refractivity contribution in [3.63, 3.8) is 0 Å². The molecule has 0 heterocycles. The van der Waals surface area contributed by atoms with Gasteiger partial charge in [0.15, 0.2) is 5.78 Å². The number of rotatable bonds is 6. The third kappa shape index (κ3) is 4.82. The summed E-state index contributed by atoms with van der Waals surface area (Å²) in [7, 11) is -2.13. The number of hydrogen-bond acceptors (Lipinski definition) is 5. The van der Waals surface area contributed by atoms with Crippen molar-refractivity contribution >= 4 is 27.4 Å². The summed E-state index contributed by atoms with van der Waals surface area (Å²) in [5.74, 6) is -0.580. The summed E-state index contributed by atoms with van der Waals surface area (Å²) in [4.78, 5) is 25.7. The number of carbonyl (C=O) groups is 2. The number of hydrogen-bond donors (Lipinski definition) is 1. The normalized spacial score (nSPS) is 20.5. The second-order valence-electron chi connectivity index (χ2n) is 6.80. The zero-order valence-electron chi connectivity index (χ0n) is 15.4. The minimum absolute atomic E-state index is 0.186. The third-order valence-corrected chi connectivity index (χ3v) is 5.95. The van der Waals surface area contributed by atoms with Gasteiger partial charge in [-0.15, -0.1) is 0 Å². The van der Waals surface area contributed by atoms with E-state index in [1.807, 2.05) is 0 Å². The van der Waals surface area contributed by atoms with Gasteiger partial charge in [-0.3, -0.25) is 13.9 Å². The van der Waals surface area contributed by atoms with Gasteiger partial charge in [-0.05, 0) is 31.9 Å². The third-order valence-electron chi connectivity index (χ3n) is 4.80. The zero-order chi connectivity index (χ0) is 19.5. The molecule has 1 fully saturated rings. The summed E-state index contributed by atoms with van der Waals surface area (Å²) in [5.41, 5.74) is 0.644. The maximum Gasteiger partial charge on any atom is 0.243 e. The lowest BCUT2D eigenvalue weighted by molar-refractivity contribution is -0.133. The van der Waals surface area contributed by atoms with Gasteiger partial charge in [0.05, 0.1) is 24.1 Å². The van der Waals surface area contributed by atoms with E-state index in [4.69, 9.17) is 0 Å². The molecule has 2 atom stereocenters. The highest BCUT2D eigenvalue weighted by Crippen LogP contribution is 2.24. The predicted molar refractivity (Wildman–Crippen MR) is 99.7 cm³/mol. The average Bonchev–Trinajstić information content (AvgIpc) is 2.58. The quantitative estimate of drug-likeness (QED) is 0.751. The number of carbonyl (C=O) groups excluding carboxylic acids is 2. The molecule has 1 aliphatic rings. The van der Waals surface area contributed by atoms with E-state index in [9.17, 15) is 23.1 Å². The summed E-state index contributed by atoms with van der Waals surface area (Å²) < 4.78 is 25.5. The molecule has 1 aromatic carbocycles. The van der Waals surface area contributed by atoms with Crippen molar-refractivity contribution in [3.8, 4) is 0 Å². The molecular formula is C18H26N2O5S. The van der Waals surface area contributed by atoms with E-state index >= 15 is 0 Å². The molecule has 1 N–H and O–H groups in total. The van der Waals surface area contributed by atoms with E-state index in [1.165, 1.54) is 17.9 Å². The first-order chi connectivity index (χ1) is 12.1. The molecule has 0 radical (unpaired) electrons. The van der Waals surface area contributed by atoms with Crippen molar-refractivity contribution in [2.75, 3.05) is 24.2 Å². The molecule has 2 unspecified atom stereocenters. The van der Waals surface area contributed by atoms with E-state index in [0.717, 1.165) is 23.4 Å². The Morgan fingerprint density at radius 3 is 2.46 bits per heavy atom. The number of amides is 1. The molecule has 2 rings (SSSR count). The Balaban J connectivity index is 2.24. The second kappa shape index (κ2) is 8.18. The monoisotopic (exact) mass is 382 g/mol. The van der Waals surface area contributed by atoms with Crippen LogP contribution in [0.25, 0.3) is 0 Å². The maximum absolute atomic E-state index is 12.7. The molecule has 144 valence electrons. The van der Waals surface area contributed by atoms with Crippen molar-refractivity contribution in [3.05, 3.63) is 29.8 Å². The van der Waals surface area contributed by atoms with Gasteiger partial charge in [0.2, 0.25) is 15.9 Å². The fourth-order valence-corrected chi connectivity index (χ4v) is 4.08. The zero-order valence-corrected chi connectivity index (χ0v) is 16.2. The van der Waals surface area contributed by atoms with Crippen molar-refractivity contribution in [1.29, 1.82) is 0 Å². The Morgan fingerprint density at radius 1 is 1.23 bits per heavy atom. The lowest BCUT2D eigenvalue weighted by Crippen LogP contribution is -2.50. The van der Waals surface area contributed by atoms with Crippen LogP contribution in [0, 0.1) is 0 Å². The first-order valence-corrected chi connectivity index (χ1v) is 10.5. The fraction of sp³-hybridized carbons (Fsp3) is 0.556. The van der Waals surface area contributed by atoms with Gasteiger partial charge in [0, 0.05) is 12.6 Å². The van der Waals surface area contributed by atoms with Crippen LogP contribution in [0.15, 0.2) is 24.3 Å². The molecule has 1 saturated carbocycles. The molecule has 0 bridgehead atoms. The molecule has 0 spiro atoms. The number of aliphatic hydroxyl groups is 1. The molecule has 0 aliphatic heterocycles. The number of benzene rings is 1. The Morgan fingerprint density at radius 2 is 1.88 bits per heavy atom. The van der Waals surface area contributed by atoms with Crippen LogP contribution in [0.2, 0.25) is 0 Å². The molecule has 1 aliphatic carbocycles. The molecule has 1 amide bonds. The van der Waals surface area contributed by atoms with E-state index in [1.54, 1.807) is 25.2 Å². The Hall–Kier alpha value is -1.93. The second-order valence-corrected chi connectivity index (χ2v) is 8.71. The number of anilines is 1. The van der Waals surface area contributed by atoms with Crippen LogP contribution >= 0.6 is 0 Å². The van der Waals surface area contributed by atoms with Crippen LogP contribution in [0.3, 0.4) is 0 Å². The van der Waals surface area contributed by atoms with E-state index in [-0.39, 0.29) is 24.1 Å². The lowest BCUT2D eigenvalue weighted by atomic mass is 9.91. The number of nitrogens with zero attached hydrogens (tertiary/aromatic N) is 2. The molecule has 0 aromatic heterocycles. The number of likely N-dealkylation sites (N-methyl/N-ethyl adjacent to an activating group) is 1. The highest BCUT2D eigenvalue weighted by molar-refractivity contribution is 7.92. The van der Waals surface area contributed by atoms with Gasteiger partial charge in [-0.2, -0.15) is 0 Å². The van der Waals surface area contributed by atoms with Crippen LogP contribution in [0.4, 0.5) is 5.69 Å². The molecule has 26 heavy (non-hydrogen) atoms. The largest absolute Gasteiger partial charge is 0.391 e. The van der Waals surface area contributed by atoms with Gasteiger partial charge in [0.25, 0.3) is 0 Å². The first-order valence-electron chi connectivity index (χ1n) is 8.63. The van der Waals surface area contributed by atoms with Gasteiger partial charge in [-0.1, -0.05) is 25.0 Å². The van der Waals surface area contributed by atoms with Gasteiger partial charge in [0.1, 0.15) is 6.54 Å². The first kappa shape index (κ1) is 20.4. The summed E-state index contributed by atoms with van der Waals surface area (Å²) in [6.45, 7) is 1.02.